The molecule has 0 radical (unpaired) electrons. The van der Waals surface area contributed by atoms with E-state index in [9.17, 15) is 56.2 Å². The molecule has 0 saturated carbocycles. The van der Waals surface area contributed by atoms with Crippen LogP contribution in [0.3, 0.4) is 0 Å². The quantitative estimate of drug-likeness (QED) is 0.0858. The summed E-state index contributed by atoms with van der Waals surface area (Å²) in [6, 6.07) is 0. The van der Waals surface area contributed by atoms with Gasteiger partial charge in [0, 0.05) is 25.9 Å². The van der Waals surface area contributed by atoms with Gasteiger partial charge in [-0.1, -0.05) is 0 Å². The van der Waals surface area contributed by atoms with E-state index in [2.05, 4.69) is 0 Å². The predicted octanol–water partition coefficient (Wildman–Crippen LogP) is -5.64. The summed E-state index contributed by atoms with van der Waals surface area (Å²) in [7, 11) is 0. The maximum Gasteiger partial charge on any atom is 0.219 e. The highest BCUT2D eigenvalue weighted by Crippen LogP contribution is 2.40. The van der Waals surface area contributed by atoms with Gasteiger partial charge in [-0.25, -0.2) is 0 Å². The van der Waals surface area contributed by atoms with Gasteiger partial charge in [-0.3, -0.25) is 0 Å². The highest BCUT2D eigenvalue weighted by molar-refractivity contribution is 5.00. The van der Waals surface area contributed by atoms with Crippen molar-refractivity contribution in [1.29, 1.82) is 0 Å². The van der Waals surface area contributed by atoms with Crippen LogP contribution in [-0.2, 0) is 18.9 Å². The van der Waals surface area contributed by atoms with Crippen molar-refractivity contribution in [3.8, 4) is 0 Å². The van der Waals surface area contributed by atoms with Crippen LogP contribution in [0.2, 0.25) is 0 Å². The van der Waals surface area contributed by atoms with Crippen molar-refractivity contribution in [2.45, 2.75) is 111 Å². The molecule has 2 heterocycles. The van der Waals surface area contributed by atoms with Gasteiger partial charge in [-0.05, 0) is 20.3 Å². The van der Waals surface area contributed by atoms with E-state index in [1.165, 1.54) is 13.8 Å². The van der Waals surface area contributed by atoms with Gasteiger partial charge in [0.15, 0.2) is 0 Å². The van der Waals surface area contributed by atoms with E-state index in [1.807, 2.05) is 0 Å². The Hall–Kier alpha value is -0.640. The topological polar surface area (TPSA) is 280 Å². The standard InChI is InChI=1S/C23H44O16/c1-20(2,19-14(30)7-17(32)22(35,10-26)38-19)39-23(11-27)18(33)6-13(29)15(37-23)8-36-21(34,9-25)16(31)5-12(28)3-4-24/h12-19,24-35H,3-11H2,1-2H3/t12-,13+,14+,15?,16+,17+,18+,19?,21-,22+,23-/m0/s1. The Kier molecular flexibility index (Phi) is 12.0. The molecule has 11 atom stereocenters. The number of hydrogen-bond donors (Lipinski definition) is 12. The van der Waals surface area contributed by atoms with Crippen LogP contribution in [0.25, 0.3) is 0 Å². The van der Waals surface area contributed by atoms with Gasteiger partial charge in [0.2, 0.25) is 17.4 Å². The third-order valence-electron chi connectivity index (χ3n) is 7.19. The Labute approximate surface area is 225 Å². The van der Waals surface area contributed by atoms with Crippen LogP contribution in [0.1, 0.15) is 39.5 Å². The number of aliphatic hydroxyl groups excluding tert-OH is 10. The third-order valence-corrected chi connectivity index (χ3v) is 7.19. The van der Waals surface area contributed by atoms with Gasteiger partial charge in [0.05, 0.1) is 50.3 Å². The number of rotatable bonds is 14. The van der Waals surface area contributed by atoms with Gasteiger partial charge in [0.1, 0.15) is 30.5 Å². The second-order valence-electron chi connectivity index (χ2n) is 10.7. The number of ether oxygens (including phenoxy) is 4. The van der Waals surface area contributed by atoms with Crippen LogP contribution in [0.15, 0.2) is 0 Å². The van der Waals surface area contributed by atoms with E-state index in [1.54, 1.807) is 0 Å². The summed E-state index contributed by atoms with van der Waals surface area (Å²) in [5.41, 5.74) is -1.68. The molecule has 2 unspecified atom stereocenters. The Bertz CT molecular complexity index is 758. The average Bonchev–Trinajstić information content (AvgIpc) is 2.86. The summed E-state index contributed by atoms with van der Waals surface area (Å²) in [5, 5.41) is 121. The molecular weight excluding hydrogens is 532 g/mol. The molecule has 0 spiro atoms. The molecule has 0 aromatic heterocycles. The Morgan fingerprint density at radius 1 is 0.923 bits per heavy atom. The zero-order valence-corrected chi connectivity index (χ0v) is 22.0. The monoisotopic (exact) mass is 576 g/mol. The van der Waals surface area contributed by atoms with Crippen LogP contribution in [0, 0.1) is 0 Å². The first-order valence-electron chi connectivity index (χ1n) is 12.7. The van der Waals surface area contributed by atoms with Crippen LogP contribution in [0.4, 0.5) is 0 Å². The smallest absolute Gasteiger partial charge is 0.219 e. The molecule has 2 aliphatic heterocycles. The molecule has 2 saturated heterocycles. The van der Waals surface area contributed by atoms with E-state index in [4.69, 9.17) is 24.1 Å². The SMILES string of the molecule is CC(C)(O[C@]1(CO)OC(CO[C@@](O)(CO)[C@H](O)C[C@@H](O)CCO)[C@H](O)C[C@H]1O)C1O[C@](O)(CO)[C@H](O)C[C@H]1O. The molecule has 39 heavy (non-hydrogen) atoms. The molecule has 0 bridgehead atoms. The molecule has 0 amide bonds. The molecule has 0 aromatic carbocycles. The summed E-state index contributed by atoms with van der Waals surface area (Å²) in [5.74, 6) is -7.33. The fourth-order valence-electron chi connectivity index (χ4n) is 4.73. The molecule has 232 valence electrons. The Morgan fingerprint density at radius 2 is 1.54 bits per heavy atom. The summed E-state index contributed by atoms with van der Waals surface area (Å²) in [6.45, 7) is -1.52. The molecule has 2 rings (SSSR count). The Morgan fingerprint density at radius 3 is 2.08 bits per heavy atom. The highest BCUT2D eigenvalue weighted by Gasteiger charge is 2.57. The second kappa shape index (κ2) is 13.6. The second-order valence-corrected chi connectivity index (χ2v) is 10.7. The first-order valence-corrected chi connectivity index (χ1v) is 12.7. The summed E-state index contributed by atoms with van der Waals surface area (Å²) in [6.07, 6.45) is -13.5. The van der Waals surface area contributed by atoms with Crippen molar-refractivity contribution in [2.75, 3.05) is 33.0 Å². The maximum atomic E-state index is 10.7. The minimum atomic E-state index is -2.62. The fraction of sp³-hybridized carbons (Fsp3) is 1.00. The molecule has 2 fully saturated rings. The zero-order chi connectivity index (χ0) is 29.8. The van der Waals surface area contributed by atoms with Crippen molar-refractivity contribution in [2.24, 2.45) is 0 Å². The van der Waals surface area contributed by atoms with E-state index in [0.717, 1.165) is 0 Å². The zero-order valence-electron chi connectivity index (χ0n) is 22.0. The first-order chi connectivity index (χ1) is 18.0. The van der Waals surface area contributed by atoms with Gasteiger partial charge in [-0.15, -0.1) is 0 Å². The largest absolute Gasteiger partial charge is 0.396 e. The highest BCUT2D eigenvalue weighted by atomic mass is 16.8. The van der Waals surface area contributed by atoms with Crippen LogP contribution in [0.5, 0.6) is 0 Å². The van der Waals surface area contributed by atoms with Gasteiger partial charge in [0.25, 0.3) is 0 Å². The summed E-state index contributed by atoms with van der Waals surface area (Å²) in [4.78, 5) is 0. The normalized spacial score (nSPS) is 39.2. The maximum absolute atomic E-state index is 10.7. The van der Waals surface area contributed by atoms with Crippen LogP contribution < -0.4 is 0 Å². The molecular formula is C23H44O16. The van der Waals surface area contributed by atoms with Crippen molar-refractivity contribution in [3.63, 3.8) is 0 Å². The molecule has 0 aromatic rings. The minimum Gasteiger partial charge on any atom is -0.396 e. The summed E-state index contributed by atoms with van der Waals surface area (Å²) < 4.78 is 22.2. The van der Waals surface area contributed by atoms with Crippen molar-refractivity contribution in [3.05, 3.63) is 0 Å². The lowest BCUT2D eigenvalue weighted by molar-refractivity contribution is -0.413. The molecule has 0 aliphatic carbocycles. The van der Waals surface area contributed by atoms with Gasteiger partial charge < -0.3 is 80.2 Å². The van der Waals surface area contributed by atoms with Crippen molar-refractivity contribution >= 4 is 0 Å². The van der Waals surface area contributed by atoms with Gasteiger partial charge in [-0.2, -0.15) is 0 Å². The lowest BCUT2D eigenvalue weighted by Crippen LogP contribution is -2.68. The van der Waals surface area contributed by atoms with E-state index < -0.39 is 117 Å². The minimum absolute atomic E-state index is 0.110. The van der Waals surface area contributed by atoms with E-state index in [0.29, 0.717) is 0 Å². The van der Waals surface area contributed by atoms with Gasteiger partial charge >= 0.3 is 0 Å². The number of hydrogen-bond acceptors (Lipinski definition) is 16. The lowest BCUT2D eigenvalue weighted by atomic mass is 9.86. The predicted molar refractivity (Wildman–Crippen MR) is 126 cm³/mol. The van der Waals surface area contributed by atoms with Crippen molar-refractivity contribution in [1.82, 2.24) is 0 Å². The lowest BCUT2D eigenvalue weighted by Gasteiger charge is -2.52. The first kappa shape index (κ1) is 34.6. The Balaban J connectivity index is 2.20. The average molecular weight is 577 g/mol. The molecule has 12 N–H and O–H groups in total. The van der Waals surface area contributed by atoms with Crippen LogP contribution in [-0.4, -0.2) is 166 Å². The molecule has 2 aliphatic rings. The van der Waals surface area contributed by atoms with E-state index in [-0.39, 0.29) is 13.0 Å². The number of aliphatic hydroxyl groups is 12. The fourth-order valence-corrected chi connectivity index (χ4v) is 4.73. The molecule has 16 nitrogen and oxygen atoms in total. The van der Waals surface area contributed by atoms with Crippen LogP contribution >= 0.6 is 0 Å². The van der Waals surface area contributed by atoms with Crippen molar-refractivity contribution < 1.29 is 80.2 Å². The summed E-state index contributed by atoms with van der Waals surface area (Å²) >= 11 is 0. The third kappa shape index (κ3) is 7.81. The molecule has 16 heteroatoms. The van der Waals surface area contributed by atoms with E-state index >= 15 is 0 Å².